The van der Waals surface area contributed by atoms with Crippen molar-refractivity contribution >= 4 is 30.7 Å². The molecule has 4 nitrogen and oxygen atoms in total. The van der Waals surface area contributed by atoms with Crippen molar-refractivity contribution in [1.29, 1.82) is 0 Å². The van der Waals surface area contributed by atoms with Crippen LogP contribution >= 0.6 is 24.8 Å². The molecule has 2 rings (SSSR count). The summed E-state index contributed by atoms with van der Waals surface area (Å²) in [7, 11) is 4.22. The molecule has 1 fully saturated rings. The van der Waals surface area contributed by atoms with E-state index in [4.69, 9.17) is 5.73 Å². The highest BCUT2D eigenvalue weighted by Gasteiger charge is 2.24. The maximum atomic E-state index is 12.3. The molecule has 0 bridgehead atoms. The van der Waals surface area contributed by atoms with E-state index in [1.165, 1.54) is 0 Å². The van der Waals surface area contributed by atoms with Crippen LogP contribution in [0.25, 0.3) is 0 Å². The van der Waals surface area contributed by atoms with Crippen LogP contribution in [0, 0.1) is 5.92 Å². The number of hydrogen-bond donors (Lipinski definition) is 1. The monoisotopic (exact) mass is 361 g/mol. The number of halogens is 2. The van der Waals surface area contributed by atoms with Crippen molar-refractivity contribution in [3.63, 3.8) is 0 Å². The number of hydrogen-bond acceptors (Lipinski definition) is 3. The Balaban J connectivity index is 0.00000242. The molecule has 1 unspecified atom stereocenters. The Labute approximate surface area is 152 Å². The van der Waals surface area contributed by atoms with E-state index in [0.717, 1.165) is 38.0 Å². The Hall–Kier alpha value is -0.810. The highest BCUT2D eigenvalue weighted by atomic mass is 35.5. The highest BCUT2D eigenvalue weighted by Crippen LogP contribution is 2.20. The largest absolute Gasteiger partial charge is 0.343 e. The van der Waals surface area contributed by atoms with Crippen LogP contribution in [0.1, 0.15) is 30.9 Å². The Morgan fingerprint density at radius 1 is 1.22 bits per heavy atom. The zero-order chi connectivity index (χ0) is 15.2. The first-order valence-electron chi connectivity index (χ1n) is 7.79. The van der Waals surface area contributed by atoms with Gasteiger partial charge in [-0.1, -0.05) is 30.3 Å². The SMILES string of the molecule is CN(C)CC1CCN(C(=O)CC(N)c2ccccc2)CC1.Cl.Cl. The first kappa shape index (κ1) is 22.2. The van der Waals surface area contributed by atoms with Crippen molar-refractivity contribution in [2.75, 3.05) is 33.7 Å². The summed E-state index contributed by atoms with van der Waals surface area (Å²) >= 11 is 0. The number of benzene rings is 1. The Bertz CT molecular complexity index is 448. The molecular formula is C17H29Cl2N3O. The molecule has 0 radical (unpaired) electrons. The molecule has 23 heavy (non-hydrogen) atoms. The average molecular weight is 362 g/mol. The summed E-state index contributed by atoms with van der Waals surface area (Å²) in [5.41, 5.74) is 7.18. The highest BCUT2D eigenvalue weighted by molar-refractivity contribution is 5.85. The smallest absolute Gasteiger partial charge is 0.224 e. The molecule has 1 aromatic carbocycles. The van der Waals surface area contributed by atoms with Crippen molar-refractivity contribution in [2.45, 2.75) is 25.3 Å². The minimum atomic E-state index is -0.196. The molecule has 0 spiro atoms. The van der Waals surface area contributed by atoms with E-state index >= 15 is 0 Å². The third-order valence-electron chi connectivity index (χ3n) is 4.21. The van der Waals surface area contributed by atoms with E-state index in [0.29, 0.717) is 12.3 Å². The average Bonchev–Trinajstić information content (AvgIpc) is 2.48. The van der Waals surface area contributed by atoms with Gasteiger partial charge in [-0.3, -0.25) is 4.79 Å². The number of likely N-dealkylation sites (tertiary alicyclic amines) is 1. The molecule has 0 saturated carbocycles. The topological polar surface area (TPSA) is 49.6 Å². The number of carbonyl (C=O) groups is 1. The fourth-order valence-corrected chi connectivity index (χ4v) is 3.02. The van der Waals surface area contributed by atoms with Gasteiger partial charge in [0, 0.05) is 32.1 Å². The van der Waals surface area contributed by atoms with Gasteiger partial charge in [-0.2, -0.15) is 0 Å². The molecule has 1 saturated heterocycles. The Morgan fingerprint density at radius 3 is 2.30 bits per heavy atom. The summed E-state index contributed by atoms with van der Waals surface area (Å²) in [4.78, 5) is 16.6. The standard InChI is InChI=1S/C17H27N3O.2ClH/c1-19(2)13-14-8-10-20(11-9-14)17(21)12-16(18)15-6-4-3-5-7-15;;/h3-7,14,16H,8-13,18H2,1-2H3;2*1H. The number of nitrogens with two attached hydrogens (primary N) is 1. The normalized spacial score (nSPS) is 16.4. The van der Waals surface area contributed by atoms with Crippen LogP contribution in [0.2, 0.25) is 0 Å². The summed E-state index contributed by atoms with van der Waals surface area (Å²) in [6.07, 6.45) is 2.61. The predicted octanol–water partition coefficient (Wildman–Crippen LogP) is 2.72. The fraction of sp³-hybridized carbons (Fsp3) is 0.588. The van der Waals surface area contributed by atoms with Gasteiger partial charge in [0.2, 0.25) is 5.91 Å². The summed E-state index contributed by atoms with van der Waals surface area (Å²) in [6.45, 7) is 2.86. The van der Waals surface area contributed by atoms with Crippen LogP contribution in [0.15, 0.2) is 30.3 Å². The van der Waals surface area contributed by atoms with E-state index in [1.807, 2.05) is 35.2 Å². The molecule has 1 aliphatic rings. The molecule has 6 heteroatoms. The third kappa shape index (κ3) is 7.08. The second kappa shape index (κ2) is 10.9. The number of piperidine rings is 1. The van der Waals surface area contributed by atoms with Crippen molar-refractivity contribution in [3.8, 4) is 0 Å². The number of nitrogens with zero attached hydrogens (tertiary/aromatic N) is 2. The summed E-state index contributed by atoms with van der Waals surface area (Å²) < 4.78 is 0. The lowest BCUT2D eigenvalue weighted by Crippen LogP contribution is -2.41. The molecular weight excluding hydrogens is 333 g/mol. The van der Waals surface area contributed by atoms with Crippen molar-refractivity contribution < 1.29 is 4.79 Å². The van der Waals surface area contributed by atoms with Crippen LogP contribution in [0.4, 0.5) is 0 Å². The molecule has 1 heterocycles. The summed E-state index contributed by atoms with van der Waals surface area (Å²) in [5.74, 6) is 0.904. The van der Waals surface area contributed by atoms with Gasteiger partial charge < -0.3 is 15.5 Å². The van der Waals surface area contributed by atoms with E-state index in [-0.39, 0.29) is 36.8 Å². The summed E-state index contributed by atoms with van der Waals surface area (Å²) in [6, 6.07) is 9.67. The number of rotatable bonds is 5. The van der Waals surface area contributed by atoms with Crippen LogP contribution < -0.4 is 5.73 Å². The lowest BCUT2D eigenvalue weighted by atomic mass is 9.95. The van der Waals surface area contributed by atoms with Gasteiger partial charge in [-0.15, -0.1) is 24.8 Å². The fourth-order valence-electron chi connectivity index (χ4n) is 3.02. The molecule has 1 aromatic rings. The Kier molecular flexibility index (Phi) is 10.5. The van der Waals surface area contributed by atoms with Gasteiger partial charge in [0.1, 0.15) is 0 Å². The second-order valence-electron chi connectivity index (χ2n) is 6.31. The van der Waals surface area contributed by atoms with Gasteiger partial charge in [0.25, 0.3) is 0 Å². The maximum absolute atomic E-state index is 12.3. The molecule has 132 valence electrons. The number of carbonyl (C=O) groups excluding carboxylic acids is 1. The van der Waals surface area contributed by atoms with Gasteiger partial charge >= 0.3 is 0 Å². The first-order valence-corrected chi connectivity index (χ1v) is 7.79. The lowest BCUT2D eigenvalue weighted by Gasteiger charge is -2.33. The quantitative estimate of drug-likeness (QED) is 0.876. The van der Waals surface area contributed by atoms with E-state index in [2.05, 4.69) is 19.0 Å². The first-order chi connectivity index (χ1) is 10.1. The number of amides is 1. The van der Waals surface area contributed by atoms with Gasteiger partial charge in [0.15, 0.2) is 0 Å². The molecule has 1 amide bonds. The lowest BCUT2D eigenvalue weighted by molar-refractivity contribution is -0.133. The molecule has 2 N–H and O–H groups in total. The van der Waals surface area contributed by atoms with Gasteiger partial charge in [-0.05, 0) is 38.4 Å². The van der Waals surface area contributed by atoms with E-state index in [9.17, 15) is 4.79 Å². The maximum Gasteiger partial charge on any atom is 0.224 e. The third-order valence-corrected chi connectivity index (χ3v) is 4.21. The predicted molar refractivity (Wildman–Crippen MR) is 100 cm³/mol. The van der Waals surface area contributed by atoms with Crippen molar-refractivity contribution in [3.05, 3.63) is 35.9 Å². The van der Waals surface area contributed by atoms with Crippen molar-refractivity contribution in [2.24, 2.45) is 11.7 Å². The minimum absolute atomic E-state index is 0. The zero-order valence-electron chi connectivity index (χ0n) is 14.0. The van der Waals surface area contributed by atoms with Crippen LogP contribution in [0.3, 0.4) is 0 Å². The molecule has 0 aliphatic carbocycles. The second-order valence-corrected chi connectivity index (χ2v) is 6.31. The summed E-state index contributed by atoms with van der Waals surface area (Å²) in [5, 5.41) is 0. The Morgan fingerprint density at radius 2 is 1.78 bits per heavy atom. The minimum Gasteiger partial charge on any atom is -0.343 e. The van der Waals surface area contributed by atoms with E-state index in [1.54, 1.807) is 0 Å². The molecule has 1 aliphatic heterocycles. The molecule has 1 atom stereocenters. The van der Waals surface area contributed by atoms with Crippen LogP contribution in [-0.4, -0.2) is 49.4 Å². The van der Waals surface area contributed by atoms with Crippen molar-refractivity contribution in [1.82, 2.24) is 9.80 Å². The van der Waals surface area contributed by atoms with Gasteiger partial charge in [0.05, 0.1) is 0 Å². The van der Waals surface area contributed by atoms with Gasteiger partial charge in [-0.25, -0.2) is 0 Å². The zero-order valence-corrected chi connectivity index (χ0v) is 15.6. The van der Waals surface area contributed by atoms with Crippen LogP contribution in [0.5, 0.6) is 0 Å². The molecule has 0 aromatic heterocycles. The van der Waals surface area contributed by atoms with Crippen LogP contribution in [-0.2, 0) is 4.79 Å². The van der Waals surface area contributed by atoms with E-state index < -0.39 is 0 Å².